The largest absolute Gasteiger partial charge is 0.332 e. The number of anilines is 2. The maximum atomic E-state index is 13.1. The van der Waals surface area contributed by atoms with Crippen LogP contribution in [0.15, 0.2) is 53.4 Å². The van der Waals surface area contributed by atoms with Gasteiger partial charge in [-0.2, -0.15) is 4.31 Å². The monoisotopic (exact) mass is 389 g/mol. The van der Waals surface area contributed by atoms with Crippen molar-refractivity contribution < 1.29 is 8.42 Å². The molecule has 2 aromatic carbocycles. The first-order valence-corrected chi connectivity index (χ1v) is 10.6. The summed E-state index contributed by atoms with van der Waals surface area (Å²) in [7, 11) is -3.55. The van der Waals surface area contributed by atoms with Crippen LogP contribution in [0.2, 0.25) is 0 Å². The van der Waals surface area contributed by atoms with E-state index in [0.29, 0.717) is 23.9 Å². The Labute approximate surface area is 160 Å². The lowest BCUT2D eigenvalue weighted by Gasteiger charge is -2.27. The second kappa shape index (κ2) is 8.16. The van der Waals surface area contributed by atoms with Crippen LogP contribution >= 0.6 is 12.2 Å². The van der Waals surface area contributed by atoms with Crippen LogP contribution in [-0.4, -0.2) is 30.9 Å². The first-order chi connectivity index (χ1) is 12.5. The van der Waals surface area contributed by atoms with Crippen LogP contribution in [0.3, 0.4) is 0 Å². The van der Waals surface area contributed by atoms with Crippen LogP contribution in [0.1, 0.15) is 24.8 Å². The van der Waals surface area contributed by atoms with Crippen LogP contribution in [-0.2, 0) is 10.0 Å². The maximum absolute atomic E-state index is 13.1. The highest BCUT2D eigenvalue weighted by atomic mass is 32.2. The van der Waals surface area contributed by atoms with E-state index in [4.69, 9.17) is 12.2 Å². The molecule has 1 aliphatic rings. The number of sulfonamides is 1. The van der Waals surface area contributed by atoms with Gasteiger partial charge in [-0.25, -0.2) is 8.42 Å². The molecular formula is C19H23N3O2S2. The minimum Gasteiger partial charge on any atom is -0.332 e. The van der Waals surface area contributed by atoms with Gasteiger partial charge in [0.15, 0.2) is 5.11 Å². The second-order valence-electron chi connectivity index (χ2n) is 6.41. The van der Waals surface area contributed by atoms with E-state index < -0.39 is 10.0 Å². The Morgan fingerprint density at radius 2 is 1.69 bits per heavy atom. The summed E-state index contributed by atoms with van der Waals surface area (Å²) in [6, 6.07) is 14.9. The Hall–Kier alpha value is -1.96. The highest BCUT2D eigenvalue weighted by Crippen LogP contribution is 2.28. The molecule has 1 heterocycles. The Bertz CT molecular complexity index is 877. The van der Waals surface area contributed by atoms with Gasteiger partial charge < -0.3 is 10.6 Å². The molecule has 0 saturated carbocycles. The Balaban J connectivity index is 1.85. The smallest absolute Gasteiger partial charge is 0.245 e. The minimum absolute atomic E-state index is 0.275. The van der Waals surface area contributed by atoms with E-state index in [1.54, 1.807) is 16.4 Å². The average Bonchev–Trinajstić information content (AvgIpc) is 2.64. The molecule has 0 spiro atoms. The summed E-state index contributed by atoms with van der Waals surface area (Å²) in [6.45, 7) is 3.03. The van der Waals surface area contributed by atoms with Crippen molar-refractivity contribution in [2.24, 2.45) is 0 Å². The predicted molar refractivity (Wildman–Crippen MR) is 110 cm³/mol. The van der Waals surface area contributed by atoms with Crippen LogP contribution < -0.4 is 10.6 Å². The molecule has 0 bridgehead atoms. The predicted octanol–water partition coefficient (Wildman–Crippen LogP) is 3.98. The van der Waals surface area contributed by atoms with Gasteiger partial charge in [-0.3, -0.25) is 0 Å². The third-order valence-electron chi connectivity index (χ3n) is 4.35. The maximum Gasteiger partial charge on any atom is 0.245 e. The van der Waals surface area contributed by atoms with Crippen molar-refractivity contribution >= 4 is 38.7 Å². The lowest BCUT2D eigenvalue weighted by atomic mass is 10.2. The van der Waals surface area contributed by atoms with Crippen molar-refractivity contribution in [2.75, 3.05) is 23.7 Å². The van der Waals surface area contributed by atoms with E-state index in [9.17, 15) is 8.42 Å². The molecule has 3 rings (SSSR count). The van der Waals surface area contributed by atoms with Crippen LogP contribution in [0.25, 0.3) is 0 Å². The molecule has 1 aliphatic heterocycles. The summed E-state index contributed by atoms with van der Waals surface area (Å²) in [5.41, 5.74) is 2.24. The Morgan fingerprint density at radius 1 is 1.00 bits per heavy atom. The molecule has 0 radical (unpaired) electrons. The van der Waals surface area contributed by atoms with E-state index in [-0.39, 0.29) is 4.90 Å². The van der Waals surface area contributed by atoms with Gasteiger partial charge in [-0.1, -0.05) is 30.7 Å². The van der Waals surface area contributed by atoms with Gasteiger partial charge in [0.1, 0.15) is 4.90 Å². The fourth-order valence-corrected chi connectivity index (χ4v) is 4.97. The highest BCUT2D eigenvalue weighted by molar-refractivity contribution is 7.89. The summed E-state index contributed by atoms with van der Waals surface area (Å²) in [6.07, 6.45) is 2.89. The number of nitrogens with one attached hydrogen (secondary N) is 2. The minimum atomic E-state index is -3.55. The van der Waals surface area contributed by atoms with E-state index in [1.165, 1.54) is 0 Å². The zero-order valence-electron chi connectivity index (χ0n) is 14.7. The van der Waals surface area contributed by atoms with Crippen molar-refractivity contribution in [1.82, 2.24) is 4.31 Å². The number of aryl methyl sites for hydroxylation is 1. The molecule has 0 aliphatic carbocycles. The zero-order valence-corrected chi connectivity index (χ0v) is 16.4. The van der Waals surface area contributed by atoms with Gasteiger partial charge in [0.05, 0.1) is 5.69 Å². The molecule has 2 aromatic rings. The number of nitrogens with zero attached hydrogens (tertiary/aromatic N) is 1. The second-order valence-corrected chi connectivity index (χ2v) is 8.72. The summed E-state index contributed by atoms with van der Waals surface area (Å²) in [4.78, 5) is 0.275. The van der Waals surface area contributed by atoms with Crippen molar-refractivity contribution in [3.63, 3.8) is 0 Å². The fourth-order valence-electron chi connectivity index (χ4n) is 3.00. The van der Waals surface area contributed by atoms with Crippen LogP contribution in [0.5, 0.6) is 0 Å². The molecule has 0 aromatic heterocycles. The van der Waals surface area contributed by atoms with E-state index in [1.807, 2.05) is 43.3 Å². The summed E-state index contributed by atoms with van der Waals surface area (Å²) < 4.78 is 27.8. The highest BCUT2D eigenvalue weighted by Gasteiger charge is 2.28. The van der Waals surface area contributed by atoms with Gasteiger partial charge in [0.2, 0.25) is 10.0 Å². The molecule has 138 valence electrons. The molecule has 0 atom stereocenters. The summed E-state index contributed by atoms with van der Waals surface area (Å²) >= 11 is 5.36. The number of hydrogen-bond donors (Lipinski definition) is 2. The molecule has 0 unspecified atom stereocenters. The number of rotatable bonds is 4. The molecule has 7 heteroatoms. The number of para-hydroxylation sites is 1. The van der Waals surface area contributed by atoms with Gasteiger partial charge in [0, 0.05) is 18.8 Å². The third-order valence-corrected chi connectivity index (χ3v) is 6.49. The van der Waals surface area contributed by atoms with Gasteiger partial charge in [-0.05, 0) is 61.8 Å². The molecule has 5 nitrogen and oxygen atoms in total. The SMILES string of the molecule is Cc1ccc(NC(=S)Nc2ccccc2)c(S(=O)(=O)N2CCCCC2)c1. The number of thiocarbonyl (C=S) groups is 1. The summed E-state index contributed by atoms with van der Waals surface area (Å²) in [5.74, 6) is 0. The summed E-state index contributed by atoms with van der Waals surface area (Å²) in [5, 5.41) is 6.48. The van der Waals surface area contributed by atoms with Crippen molar-refractivity contribution in [3.05, 3.63) is 54.1 Å². The molecule has 1 saturated heterocycles. The molecule has 1 fully saturated rings. The quantitative estimate of drug-likeness (QED) is 0.775. The molecular weight excluding hydrogens is 366 g/mol. The van der Waals surface area contributed by atoms with Crippen molar-refractivity contribution in [2.45, 2.75) is 31.1 Å². The van der Waals surface area contributed by atoms with E-state index in [0.717, 1.165) is 30.5 Å². The van der Waals surface area contributed by atoms with Crippen molar-refractivity contribution in [1.29, 1.82) is 0 Å². The standard InChI is InChI=1S/C19H23N3O2S2/c1-15-10-11-17(21-19(25)20-16-8-4-2-5-9-16)18(14-15)26(23,24)22-12-6-3-7-13-22/h2,4-5,8-11,14H,3,6-7,12-13H2,1H3,(H2,20,21,25). The number of benzene rings is 2. The first kappa shape index (κ1) is 18.8. The van der Waals surface area contributed by atoms with Crippen LogP contribution in [0.4, 0.5) is 11.4 Å². The van der Waals surface area contributed by atoms with Gasteiger partial charge in [-0.15, -0.1) is 0 Å². The third kappa shape index (κ3) is 4.41. The van der Waals surface area contributed by atoms with Gasteiger partial charge in [0.25, 0.3) is 0 Å². The first-order valence-electron chi connectivity index (χ1n) is 8.71. The Kier molecular flexibility index (Phi) is 5.90. The Morgan fingerprint density at radius 3 is 2.38 bits per heavy atom. The molecule has 26 heavy (non-hydrogen) atoms. The molecule has 2 N–H and O–H groups in total. The molecule has 0 amide bonds. The lowest BCUT2D eigenvalue weighted by Crippen LogP contribution is -2.36. The average molecular weight is 390 g/mol. The van der Waals surface area contributed by atoms with E-state index >= 15 is 0 Å². The number of hydrogen-bond acceptors (Lipinski definition) is 3. The lowest BCUT2D eigenvalue weighted by molar-refractivity contribution is 0.347. The normalized spacial score (nSPS) is 15.4. The zero-order chi connectivity index (χ0) is 18.6. The van der Waals surface area contributed by atoms with Gasteiger partial charge >= 0.3 is 0 Å². The fraction of sp³-hybridized carbons (Fsp3) is 0.316. The number of piperidine rings is 1. The van der Waals surface area contributed by atoms with Crippen molar-refractivity contribution in [3.8, 4) is 0 Å². The topological polar surface area (TPSA) is 61.4 Å². The van der Waals surface area contributed by atoms with E-state index in [2.05, 4.69) is 10.6 Å². The van der Waals surface area contributed by atoms with Crippen LogP contribution in [0, 0.1) is 6.92 Å².